The number of carbonyl (C=O) groups excluding carboxylic acids is 1. The van der Waals surface area contributed by atoms with Gasteiger partial charge in [-0.05, 0) is 52.7 Å². The molecule has 3 aromatic carbocycles. The molecule has 8 heteroatoms. The number of methoxy groups -OCH3 is 1. The number of hydrogen-bond acceptors (Lipinski definition) is 6. The van der Waals surface area contributed by atoms with Gasteiger partial charge in [0.15, 0.2) is 5.82 Å². The third-order valence-corrected chi connectivity index (χ3v) is 5.90. The maximum Gasteiger partial charge on any atom is 0.265 e. The van der Waals surface area contributed by atoms with Gasteiger partial charge in [0.05, 0.1) is 18.9 Å². The van der Waals surface area contributed by atoms with Gasteiger partial charge in [-0.15, -0.1) is 5.10 Å². The van der Waals surface area contributed by atoms with Crippen molar-refractivity contribution in [1.82, 2.24) is 25.2 Å². The van der Waals surface area contributed by atoms with E-state index in [2.05, 4.69) is 34.6 Å². The van der Waals surface area contributed by atoms with E-state index in [1.165, 1.54) is 10.2 Å². The molecule has 34 heavy (non-hydrogen) atoms. The first-order chi connectivity index (χ1) is 16.6. The molecule has 0 radical (unpaired) electrons. The van der Waals surface area contributed by atoms with Gasteiger partial charge in [0.25, 0.3) is 5.91 Å². The Kier molecular flexibility index (Phi) is 5.86. The lowest BCUT2D eigenvalue weighted by Gasteiger charge is -2.22. The number of carbonyl (C=O) groups is 1. The minimum Gasteiger partial charge on any atom is -0.497 e. The Hall–Kier alpha value is -4.33. The fourth-order valence-electron chi connectivity index (χ4n) is 4.05. The van der Waals surface area contributed by atoms with Crippen molar-refractivity contribution in [3.05, 3.63) is 95.6 Å². The van der Waals surface area contributed by atoms with E-state index in [1.54, 1.807) is 12.1 Å². The van der Waals surface area contributed by atoms with E-state index in [0.29, 0.717) is 12.2 Å². The first-order valence-corrected chi connectivity index (χ1v) is 11.0. The highest BCUT2D eigenvalue weighted by Gasteiger charge is 2.33. The van der Waals surface area contributed by atoms with Crippen LogP contribution in [0.3, 0.4) is 0 Å². The fraction of sp³-hybridized carbons (Fsp3) is 0.192. The highest BCUT2D eigenvalue weighted by Crippen LogP contribution is 2.33. The van der Waals surface area contributed by atoms with Crippen LogP contribution in [0.15, 0.2) is 84.0 Å². The van der Waals surface area contributed by atoms with E-state index in [4.69, 9.17) is 9.84 Å². The molecule has 1 aliphatic rings. The molecule has 5 rings (SSSR count). The number of ether oxygens (including phenoxy) is 1. The highest BCUT2D eigenvalue weighted by atomic mass is 16.5. The topological polar surface area (TPSA) is 85.5 Å². The van der Waals surface area contributed by atoms with Crippen molar-refractivity contribution in [3.8, 4) is 17.1 Å². The third kappa shape index (κ3) is 4.30. The standard InChI is InChI=1S/C26H24N6O2/c1-18-8-10-19(11-9-18)23-16-24(20-6-4-3-5-7-20)32(28-23)25(33)17-31-26(27-29-30-31)21-12-14-22(34-2)15-13-21/h3-15,24H,16-17H2,1-2H3. The highest BCUT2D eigenvalue weighted by molar-refractivity contribution is 6.03. The number of nitrogens with zero attached hydrogens (tertiary/aromatic N) is 6. The summed E-state index contributed by atoms with van der Waals surface area (Å²) < 4.78 is 6.73. The van der Waals surface area contributed by atoms with Crippen LogP contribution < -0.4 is 4.74 Å². The maximum absolute atomic E-state index is 13.5. The molecule has 1 aromatic heterocycles. The summed E-state index contributed by atoms with van der Waals surface area (Å²) in [4.78, 5) is 13.5. The lowest BCUT2D eigenvalue weighted by atomic mass is 9.98. The minimum absolute atomic E-state index is 0.0254. The molecular weight excluding hydrogens is 428 g/mol. The number of aryl methyl sites for hydroxylation is 1. The number of rotatable bonds is 6. The van der Waals surface area contributed by atoms with Crippen molar-refractivity contribution < 1.29 is 9.53 Å². The lowest BCUT2D eigenvalue weighted by Crippen LogP contribution is -2.31. The van der Waals surface area contributed by atoms with Crippen LogP contribution in [0.5, 0.6) is 5.75 Å². The van der Waals surface area contributed by atoms with Crippen molar-refractivity contribution in [2.75, 3.05) is 7.11 Å². The molecule has 0 saturated heterocycles. The minimum atomic E-state index is -0.189. The van der Waals surface area contributed by atoms with Gasteiger partial charge in [0.1, 0.15) is 12.3 Å². The molecule has 0 saturated carbocycles. The monoisotopic (exact) mass is 452 g/mol. The van der Waals surface area contributed by atoms with Gasteiger partial charge in [0, 0.05) is 12.0 Å². The second kappa shape index (κ2) is 9.27. The molecule has 1 amide bonds. The summed E-state index contributed by atoms with van der Waals surface area (Å²) in [6.45, 7) is 2.03. The van der Waals surface area contributed by atoms with Crippen LogP contribution in [0.1, 0.15) is 29.2 Å². The predicted molar refractivity (Wildman–Crippen MR) is 128 cm³/mol. The second-order valence-corrected chi connectivity index (χ2v) is 8.17. The van der Waals surface area contributed by atoms with Crippen molar-refractivity contribution >= 4 is 11.6 Å². The summed E-state index contributed by atoms with van der Waals surface area (Å²) in [7, 11) is 1.61. The van der Waals surface area contributed by atoms with Crippen molar-refractivity contribution in [2.45, 2.75) is 25.9 Å². The van der Waals surface area contributed by atoms with E-state index >= 15 is 0 Å². The Bertz CT molecular complexity index is 1310. The third-order valence-electron chi connectivity index (χ3n) is 5.90. The SMILES string of the molecule is COc1ccc(-c2nnnn2CC(=O)N2N=C(c3ccc(C)cc3)CC2c2ccccc2)cc1. The zero-order valence-electron chi connectivity index (χ0n) is 19.0. The maximum atomic E-state index is 13.5. The largest absolute Gasteiger partial charge is 0.497 e. The summed E-state index contributed by atoms with van der Waals surface area (Å²) in [5.41, 5.74) is 4.91. The lowest BCUT2D eigenvalue weighted by molar-refractivity contribution is -0.133. The molecule has 0 aliphatic carbocycles. The molecule has 8 nitrogen and oxygen atoms in total. The van der Waals surface area contributed by atoms with Crippen LogP contribution in [-0.2, 0) is 11.3 Å². The van der Waals surface area contributed by atoms with Crippen LogP contribution in [-0.4, -0.2) is 43.9 Å². The van der Waals surface area contributed by atoms with Crippen molar-refractivity contribution in [3.63, 3.8) is 0 Å². The smallest absolute Gasteiger partial charge is 0.265 e. The van der Waals surface area contributed by atoms with Gasteiger partial charge in [-0.2, -0.15) is 5.10 Å². The summed E-state index contributed by atoms with van der Waals surface area (Å²) >= 11 is 0. The van der Waals surface area contributed by atoms with Crippen LogP contribution in [0.4, 0.5) is 0 Å². The van der Waals surface area contributed by atoms with Crippen LogP contribution in [0, 0.1) is 6.92 Å². The summed E-state index contributed by atoms with van der Waals surface area (Å²) in [6, 6.07) is 25.4. The van der Waals surface area contributed by atoms with Crippen molar-refractivity contribution in [1.29, 1.82) is 0 Å². The Morgan fingerprint density at radius 2 is 1.68 bits per heavy atom. The summed E-state index contributed by atoms with van der Waals surface area (Å²) in [6.07, 6.45) is 0.639. The average Bonchev–Trinajstić information content (AvgIpc) is 3.53. The summed E-state index contributed by atoms with van der Waals surface area (Å²) in [5.74, 6) is 1.06. The average molecular weight is 453 g/mol. The van der Waals surface area contributed by atoms with Gasteiger partial charge in [0.2, 0.25) is 0 Å². The molecule has 4 aromatic rings. The molecule has 0 N–H and O–H groups in total. The Morgan fingerprint density at radius 3 is 2.38 bits per heavy atom. The number of hydrogen-bond donors (Lipinski definition) is 0. The number of benzene rings is 3. The fourth-order valence-corrected chi connectivity index (χ4v) is 4.05. The molecule has 0 bridgehead atoms. The Balaban J connectivity index is 1.44. The molecule has 1 atom stereocenters. The van der Waals surface area contributed by atoms with Gasteiger partial charge in [-0.1, -0.05) is 60.2 Å². The number of hydrazone groups is 1. The quantitative estimate of drug-likeness (QED) is 0.441. The molecule has 1 aliphatic heterocycles. The van der Waals surface area contributed by atoms with Crippen LogP contribution in [0.2, 0.25) is 0 Å². The molecular formula is C26H24N6O2. The zero-order valence-corrected chi connectivity index (χ0v) is 19.0. The van der Waals surface area contributed by atoms with Crippen LogP contribution >= 0.6 is 0 Å². The van der Waals surface area contributed by atoms with Gasteiger partial charge >= 0.3 is 0 Å². The molecule has 0 fully saturated rings. The van der Waals surface area contributed by atoms with Crippen molar-refractivity contribution in [2.24, 2.45) is 5.10 Å². The van der Waals surface area contributed by atoms with Gasteiger partial charge in [-0.25, -0.2) is 9.69 Å². The van der Waals surface area contributed by atoms with E-state index < -0.39 is 0 Å². The first kappa shape index (κ1) is 21.5. The van der Waals surface area contributed by atoms with E-state index in [1.807, 2.05) is 66.7 Å². The summed E-state index contributed by atoms with van der Waals surface area (Å²) in [5, 5.41) is 18.3. The molecule has 170 valence electrons. The number of amides is 1. The zero-order chi connectivity index (χ0) is 23.5. The molecule has 2 heterocycles. The Morgan fingerprint density at radius 1 is 0.971 bits per heavy atom. The van der Waals surface area contributed by atoms with E-state index in [-0.39, 0.29) is 18.5 Å². The van der Waals surface area contributed by atoms with E-state index in [0.717, 1.165) is 28.2 Å². The predicted octanol–water partition coefficient (Wildman–Crippen LogP) is 4.04. The van der Waals surface area contributed by atoms with E-state index in [9.17, 15) is 4.79 Å². The van der Waals surface area contributed by atoms with Gasteiger partial charge < -0.3 is 4.74 Å². The number of aromatic nitrogens is 4. The first-order valence-electron chi connectivity index (χ1n) is 11.0. The van der Waals surface area contributed by atoms with Gasteiger partial charge in [-0.3, -0.25) is 4.79 Å². The Labute approximate surface area is 197 Å². The number of tetrazole rings is 1. The normalized spacial score (nSPS) is 15.3. The molecule has 1 unspecified atom stereocenters. The molecule has 0 spiro atoms. The second-order valence-electron chi connectivity index (χ2n) is 8.17. The van der Waals surface area contributed by atoms with Crippen LogP contribution in [0.25, 0.3) is 11.4 Å².